The van der Waals surface area contributed by atoms with E-state index >= 15 is 0 Å². The van der Waals surface area contributed by atoms with Crippen molar-refractivity contribution in [1.29, 1.82) is 0 Å². The second-order valence-corrected chi connectivity index (χ2v) is 9.17. The third-order valence-electron chi connectivity index (χ3n) is 6.18. The summed E-state index contributed by atoms with van der Waals surface area (Å²) >= 11 is 0. The van der Waals surface area contributed by atoms with Crippen molar-refractivity contribution in [2.45, 2.75) is 86.4 Å². The molecule has 2 aromatic heterocycles. The van der Waals surface area contributed by atoms with Gasteiger partial charge < -0.3 is 24.3 Å². The summed E-state index contributed by atoms with van der Waals surface area (Å²) in [6, 6.07) is 8.64. The van der Waals surface area contributed by atoms with E-state index in [2.05, 4.69) is 15.5 Å². The van der Waals surface area contributed by atoms with Crippen molar-refractivity contribution in [2.24, 2.45) is 5.92 Å². The smallest absolute Gasteiger partial charge is 0.243 e. The minimum atomic E-state index is -0.756. The zero-order valence-corrected chi connectivity index (χ0v) is 23.8. The highest BCUT2D eigenvalue weighted by Crippen LogP contribution is 2.31. The number of aromatic nitrogens is 2. The number of carbonyl (C=O) groups excluding carboxylic acids is 2. The van der Waals surface area contributed by atoms with E-state index in [0.29, 0.717) is 23.8 Å². The van der Waals surface area contributed by atoms with Crippen LogP contribution in [-0.4, -0.2) is 50.7 Å². The lowest BCUT2D eigenvalue weighted by atomic mass is 9.91. The molecule has 1 aliphatic heterocycles. The molecule has 3 aromatic rings. The molecule has 1 aromatic carbocycles. The summed E-state index contributed by atoms with van der Waals surface area (Å²) in [6.07, 6.45) is 0.852. The average molecular weight is 527 g/mol. The van der Waals surface area contributed by atoms with Crippen molar-refractivity contribution in [3.63, 3.8) is 0 Å². The number of nitrogens with zero attached hydrogens (tertiary/aromatic N) is 3. The number of carbonyl (C=O) groups is 2. The Kier molecular flexibility index (Phi) is 11.7. The van der Waals surface area contributed by atoms with E-state index in [9.17, 15) is 14.7 Å². The van der Waals surface area contributed by atoms with Gasteiger partial charge in [0.15, 0.2) is 12.2 Å². The van der Waals surface area contributed by atoms with Crippen LogP contribution in [0.1, 0.15) is 76.6 Å². The Hall–Kier alpha value is -3.46. The Morgan fingerprint density at radius 3 is 2.32 bits per heavy atom. The summed E-state index contributed by atoms with van der Waals surface area (Å²) in [6.45, 7) is 15.9. The van der Waals surface area contributed by atoms with Crippen molar-refractivity contribution >= 4 is 11.8 Å². The van der Waals surface area contributed by atoms with Gasteiger partial charge in [0.1, 0.15) is 17.7 Å². The molecule has 4 rings (SSSR count). The molecule has 0 aliphatic carbocycles. The van der Waals surface area contributed by atoms with E-state index in [-0.39, 0.29) is 30.7 Å². The average Bonchev–Trinajstić information content (AvgIpc) is 3.65. The molecule has 2 N–H and O–H groups in total. The largest absolute Gasteiger partial charge is 0.443 e. The van der Waals surface area contributed by atoms with Gasteiger partial charge in [-0.05, 0) is 25.3 Å². The van der Waals surface area contributed by atoms with Gasteiger partial charge in [-0.1, -0.05) is 71.0 Å². The molecule has 9 nitrogen and oxygen atoms in total. The van der Waals surface area contributed by atoms with Crippen LogP contribution in [0.5, 0.6) is 0 Å². The first-order chi connectivity index (χ1) is 18.2. The molecule has 208 valence electrons. The number of hydrogen-bond donors (Lipinski definition) is 2. The molecule has 1 fully saturated rings. The number of hydrogen-bond acceptors (Lipinski definition) is 7. The maximum absolute atomic E-state index is 13.4. The summed E-state index contributed by atoms with van der Waals surface area (Å²) in [5.74, 6) is 0.0131. The molecule has 3 heterocycles. The number of aliphatic hydroxyl groups is 1. The number of amides is 2. The van der Waals surface area contributed by atoms with Crippen molar-refractivity contribution in [1.82, 2.24) is 20.4 Å². The van der Waals surface area contributed by atoms with Crippen molar-refractivity contribution in [2.75, 3.05) is 6.54 Å². The first kappa shape index (κ1) is 30.8. The van der Waals surface area contributed by atoms with E-state index in [0.717, 1.165) is 16.8 Å². The van der Waals surface area contributed by atoms with Gasteiger partial charge in [-0.25, -0.2) is 4.98 Å². The van der Waals surface area contributed by atoms with Crippen LogP contribution >= 0.6 is 0 Å². The number of benzene rings is 1. The molecular weight excluding hydrogens is 484 g/mol. The van der Waals surface area contributed by atoms with Gasteiger partial charge in [-0.2, -0.15) is 0 Å². The minimum Gasteiger partial charge on any atom is -0.443 e. The lowest BCUT2D eigenvalue weighted by Gasteiger charge is -2.28. The van der Waals surface area contributed by atoms with Crippen LogP contribution in [0, 0.1) is 19.8 Å². The highest BCUT2D eigenvalue weighted by Gasteiger charge is 2.43. The lowest BCUT2D eigenvalue weighted by Crippen LogP contribution is -2.48. The summed E-state index contributed by atoms with van der Waals surface area (Å²) in [5, 5.41) is 17.1. The van der Waals surface area contributed by atoms with Gasteiger partial charge in [-0.15, -0.1) is 0 Å². The molecule has 3 unspecified atom stereocenters. The van der Waals surface area contributed by atoms with Crippen LogP contribution < -0.4 is 5.32 Å². The minimum absolute atomic E-state index is 0.0622. The number of β-amino-alcohol motifs (C(OH)–C–C–N with tert-alkyl or cyclic N) is 1. The SMILES string of the molecule is CC.CC.Cc1cc(C(C(=O)N2CC(O)CC2C(=O)NCc2ccc(-c3ocnc3C)cc2)C(C)C)on1. The number of aliphatic hydroxyl groups excluding tert-OH is 1. The number of aryl methyl sites for hydroxylation is 2. The van der Waals surface area contributed by atoms with Gasteiger partial charge in [-0.3, -0.25) is 9.59 Å². The molecule has 2 amide bonds. The monoisotopic (exact) mass is 526 g/mol. The van der Waals surface area contributed by atoms with Crippen molar-refractivity contribution < 1.29 is 23.6 Å². The Morgan fingerprint density at radius 1 is 1.13 bits per heavy atom. The zero-order valence-electron chi connectivity index (χ0n) is 23.8. The molecule has 0 bridgehead atoms. The number of rotatable bonds is 7. The van der Waals surface area contributed by atoms with E-state index in [1.807, 2.05) is 72.7 Å². The molecule has 38 heavy (non-hydrogen) atoms. The third kappa shape index (κ3) is 7.31. The molecule has 0 spiro atoms. The lowest BCUT2D eigenvalue weighted by molar-refractivity contribution is -0.141. The summed E-state index contributed by atoms with van der Waals surface area (Å²) < 4.78 is 10.8. The fourth-order valence-electron chi connectivity index (χ4n) is 4.41. The topological polar surface area (TPSA) is 122 Å². The highest BCUT2D eigenvalue weighted by molar-refractivity contribution is 5.91. The quantitative estimate of drug-likeness (QED) is 0.443. The first-order valence-corrected chi connectivity index (χ1v) is 13.4. The highest BCUT2D eigenvalue weighted by atomic mass is 16.5. The fourth-order valence-corrected chi connectivity index (χ4v) is 4.41. The van der Waals surface area contributed by atoms with Crippen LogP contribution in [0.15, 0.2) is 45.7 Å². The molecule has 3 atom stereocenters. The van der Waals surface area contributed by atoms with Crippen molar-refractivity contribution in [3.05, 3.63) is 59.4 Å². The maximum atomic E-state index is 13.4. The van der Waals surface area contributed by atoms with Gasteiger partial charge in [0.2, 0.25) is 11.8 Å². The molecule has 1 aliphatic rings. The normalized spacial score (nSPS) is 17.3. The molecule has 0 radical (unpaired) electrons. The molecule has 9 heteroatoms. The van der Waals surface area contributed by atoms with E-state index in [1.165, 1.54) is 11.3 Å². The van der Waals surface area contributed by atoms with Crippen LogP contribution in [0.2, 0.25) is 0 Å². The predicted octanol–water partition coefficient (Wildman–Crippen LogP) is 5.02. The van der Waals surface area contributed by atoms with Gasteiger partial charge in [0, 0.05) is 31.1 Å². The van der Waals surface area contributed by atoms with Crippen LogP contribution in [0.4, 0.5) is 0 Å². The standard InChI is InChI=1S/C25H30N4O5.2C2H6/c1-14(2)22(21-9-15(3)28-34-21)25(32)29-12-19(30)10-20(29)24(31)26-11-17-5-7-18(8-6-17)23-16(4)27-13-33-23;2*1-2/h5-9,13-14,19-20,22,30H,10-12H2,1-4H3,(H,26,31);2*1-2H3. The second-order valence-electron chi connectivity index (χ2n) is 9.17. The van der Waals surface area contributed by atoms with Gasteiger partial charge in [0.25, 0.3) is 0 Å². The predicted molar refractivity (Wildman–Crippen MR) is 146 cm³/mol. The second kappa shape index (κ2) is 14.5. The molecule has 0 saturated carbocycles. The van der Waals surface area contributed by atoms with E-state index in [4.69, 9.17) is 8.94 Å². The maximum Gasteiger partial charge on any atom is 0.243 e. The number of nitrogens with one attached hydrogen (secondary N) is 1. The Bertz CT molecular complexity index is 1150. The first-order valence-electron chi connectivity index (χ1n) is 13.4. The van der Waals surface area contributed by atoms with Crippen LogP contribution in [0.25, 0.3) is 11.3 Å². The Balaban J connectivity index is 0.00000121. The van der Waals surface area contributed by atoms with Gasteiger partial charge >= 0.3 is 0 Å². The van der Waals surface area contributed by atoms with Crippen molar-refractivity contribution in [3.8, 4) is 11.3 Å². The van der Waals surface area contributed by atoms with Crippen LogP contribution in [0.3, 0.4) is 0 Å². The molecular formula is C29H42N4O5. The summed E-state index contributed by atoms with van der Waals surface area (Å²) in [4.78, 5) is 32.1. The van der Waals surface area contributed by atoms with Crippen LogP contribution in [-0.2, 0) is 16.1 Å². The zero-order chi connectivity index (χ0) is 28.4. The molecule has 1 saturated heterocycles. The van der Waals surface area contributed by atoms with Gasteiger partial charge in [0.05, 0.1) is 17.5 Å². The number of oxazole rings is 1. The Morgan fingerprint density at radius 2 is 1.79 bits per heavy atom. The fraction of sp³-hybridized carbons (Fsp3) is 0.517. The Labute approximate surface area is 225 Å². The third-order valence-corrected chi connectivity index (χ3v) is 6.18. The summed E-state index contributed by atoms with van der Waals surface area (Å²) in [7, 11) is 0. The van der Waals surface area contributed by atoms with E-state index in [1.54, 1.807) is 13.0 Å². The summed E-state index contributed by atoms with van der Waals surface area (Å²) in [5.41, 5.74) is 3.31. The number of likely N-dealkylation sites (tertiary alicyclic amines) is 1. The van der Waals surface area contributed by atoms with E-state index < -0.39 is 18.1 Å².